The molecule has 0 unspecified atom stereocenters. The molecule has 0 amide bonds. The minimum absolute atomic E-state index is 0.0600. The molecule has 0 aliphatic heterocycles. The average molecular weight is 212 g/mol. The van der Waals surface area contributed by atoms with E-state index in [4.69, 9.17) is 9.66 Å². The summed E-state index contributed by atoms with van der Waals surface area (Å²) in [5, 5.41) is 8.60. The smallest absolute Gasteiger partial charge is 0.396 e. The van der Waals surface area contributed by atoms with Crippen molar-refractivity contribution in [3.8, 4) is 0 Å². The molecule has 13 heavy (non-hydrogen) atoms. The summed E-state index contributed by atoms with van der Waals surface area (Å²) in [6.07, 6.45) is 0.376. The van der Waals surface area contributed by atoms with Crippen LogP contribution in [0.3, 0.4) is 0 Å². The highest BCUT2D eigenvalue weighted by Crippen LogP contribution is 2.13. The largest absolute Gasteiger partial charge is 0.432 e. The molecule has 0 rings (SSSR count). The van der Waals surface area contributed by atoms with Gasteiger partial charge < -0.3 is 5.11 Å². The molecule has 0 heterocycles. The van der Waals surface area contributed by atoms with Gasteiger partial charge in [0.2, 0.25) is 0 Å². The summed E-state index contributed by atoms with van der Waals surface area (Å²) in [7, 11) is -4.07. The van der Waals surface area contributed by atoms with Gasteiger partial charge in [0.15, 0.2) is 0 Å². The maximum atomic E-state index is 11.1. The summed E-state index contributed by atoms with van der Waals surface area (Å²) in [6, 6.07) is 0. The molecule has 0 aliphatic carbocycles. The third-order valence-electron chi connectivity index (χ3n) is 2.37. The van der Waals surface area contributed by atoms with Crippen molar-refractivity contribution in [3.63, 3.8) is 0 Å². The normalized spacial score (nSPS) is 13.2. The fraction of sp³-hybridized carbons (Fsp3) is 1.00. The maximum Gasteiger partial charge on any atom is 0.432 e. The molecule has 0 fully saturated rings. The lowest BCUT2D eigenvalue weighted by atomic mass is 10.4. The van der Waals surface area contributed by atoms with Crippen LogP contribution in [-0.2, 0) is 10.3 Å². The van der Waals surface area contributed by atoms with Crippen LogP contribution in [0.5, 0.6) is 0 Å². The van der Waals surface area contributed by atoms with E-state index in [0.717, 1.165) is 0 Å². The molecule has 0 aromatic heterocycles. The zero-order valence-electron chi connectivity index (χ0n) is 8.10. The van der Waals surface area contributed by atoms with E-state index in [-0.39, 0.29) is 17.0 Å². The molecular formula is C7H18NO4S+. The summed E-state index contributed by atoms with van der Waals surface area (Å²) >= 11 is 0. The Kier molecular flexibility index (Phi) is 4.83. The zero-order chi connectivity index (χ0) is 10.5. The minimum atomic E-state index is -4.07. The quantitative estimate of drug-likeness (QED) is 0.481. The fourth-order valence-corrected chi connectivity index (χ4v) is 2.35. The molecule has 0 saturated heterocycles. The molecule has 5 nitrogen and oxygen atoms in total. The van der Waals surface area contributed by atoms with Gasteiger partial charge in [0, 0.05) is 13.0 Å². The number of hydrogen-bond donors (Lipinski definition) is 2. The number of nitrogens with zero attached hydrogens (tertiary/aromatic N) is 1. The van der Waals surface area contributed by atoms with Gasteiger partial charge in [-0.05, 0) is 13.8 Å². The van der Waals surface area contributed by atoms with Gasteiger partial charge in [0.25, 0.3) is 0 Å². The summed E-state index contributed by atoms with van der Waals surface area (Å²) in [4.78, 5) is 0. The van der Waals surface area contributed by atoms with Crippen molar-refractivity contribution in [2.45, 2.75) is 20.3 Å². The first-order valence-electron chi connectivity index (χ1n) is 4.38. The van der Waals surface area contributed by atoms with Gasteiger partial charge in [-0.15, -0.1) is 8.42 Å². The minimum Gasteiger partial charge on any atom is -0.396 e. The molecule has 6 heteroatoms. The maximum absolute atomic E-state index is 11.1. The van der Waals surface area contributed by atoms with Crippen molar-refractivity contribution < 1.29 is 22.0 Å². The third-order valence-corrected chi connectivity index (χ3v) is 4.04. The van der Waals surface area contributed by atoms with E-state index < -0.39 is 10.3 Å². The molecule has 80 valence electrons. The molecule has 0 atom stereocenters. The lowest BCUT2D eigenvalue weighted by Crippen LogP contribution is -2.52. The second-order valence-corrected chi connectivity index (χ2v) is 4.61. The molecule has 0 spiro atoms. The van der Waals surface area contributed by atoms with E-state index in [1.807, 2.05) is 0 Å². The number of hydrogen-bond acceptors (Lipinski definition) is 3. The van der Waals surface area contributed by atoms with Crippen LogP contribution in [0, 0.1) is 0 Å². The molecule has 0 bridgehead atoms. The van der Waals surface area contributed by atoms with Crippen molar-refractivity contribution in [2.75, 3.05) is 26.2 Å². The first-order valence-corrected chi connectivity index (χ1v) is 5.77. The Morgan fingerprint density at radius 1 is 1.23 bits per heavy atom. The molecule has 0 aliphatic rings. The Morgan fingerprint density at radius 2 is 1.69 bits per heavy atom. The van der Waals surface area contributed by atoms with Crippen LogP contribution >= 0.6 is 0 Å². The topological polar surface area (TPSA) is 74.6 Å². The Morgan fingerprint density at radius 3 is 1.92 bits per heavy atom. The van der Waals surface area contributed by atoms with Gasteiger partial charge in [-0.25, -0.2) is 4.55 Å². The second kappa shape index (κ2) is 4.90. The van der Waals surface area contributed by atoms with Crippen molar-refractivity contribution in [2.24, 2.45) is 0 Å². The number of aliphatic hydroxyl groups excluding tert-OH is 1. The molecular weight excluding hydrogens is 194 g/mol. The summed E-state index contributed by atoms with van der Waals surface area (Å²) in [6.45, 7) is 4.23. The highest BCUT2D eigenvalue weighted by Gasteiger charge is 2.36. The van der Waals surface area contributed by atoms with Gasteiger partial charge in [0.05, 0.1) is 19.6 Å². The van der Waals surface area contributed by atoms with Gasteiger partial charge in [-0.2, -0.15) is 3.89 Å². The number of quaternary nitrogens is 1. The SMILES string of the molecule is CC[N+](CC)(CCCO)S(=O)(=O)O. The predicted octanol–water partition coefficient (Wildman–Crippen LogP) is 0.0282. The van der Waals surface area contributed by atoms with Crippen LogP contribution in [0.25, 0.3) is 0 Å². The second-order valence-electron chi connectivity index (χ2n) is 2.94. The van der Waals surface area contributed by atoms with Crippen LogP contribution in [0.15, 0.2) is 0 Å². The van der Waals surface area contributed by atoms with E-state index in [2.05, 4.69) is 0 Å². The van der Waals surface area contributed by atoms with E-state index in [1.54, 1.807) is 13.8 Å². The Hall–Kier alpha value is -0.170. The Bertz CT molecular complexity index is 233. The summed E-state index contributed by atoms with van der Waals surface area (Å²) in [5.41, 5.74) is 0. The van der Waals surface area contributed by atoms with Crippen molar-refractivity contribution in [1.29, 1.82) is 0 Å². The highest BCUT2D eigenvalue weighted by atomic mass is 32.2. The first kappa shape index (κ1) is 12.8. The van der Waals surface area contributed by atoms with Crippen molar-refractivity contribution >= 4 is 10.3 Å². The standard InChI is InChI=1S/C7H17NO4S/c1-3-8(4-2,6-5-7-9)13(10,11)12/h9H,3-7H2,1-2H3/p+1. The van der Waals surface area contributed by atoms with E-state index in [0.29, 0.717) is 19.5 Å². The lowest BCUT2D eigenvalue weighted by molar-refractivity contribution is -0.807. The van der Waals surface area contributed by atoms with Gasteiger partial charge >= 0.3 is 10.3 Å². The van der Waals surface area contributed by atoms with Crippen LogP contribution in [0.1, 0.15) is 20.3 Å². The number of rotatable bonds is 6. The van der Waals surface area contributed by atoms with Crippen LogP contribution in [0.4, 0.5) is 0 Å². The average Bonchev–Trinajstić information content (AvgIpc) is 2.05. The van der Waals surface area contributed by atoms with E-state index >= 15 is 0 Å². The zero-order valence-corrected chi connectivity index (χ0v) is 8.92. The van der Waals surface area contributed by atoms with Crippen LogP contribution < -0.4 is 0 Å². The fourth-order valence-electron chi connectivity index (χ4n) is 1.34. The van der Waals surface area contributed by atoms with E-state index in [9.17, 15) is 8.42 Å². The third kappa shape index (κ3) is 2.91. The van der Waals surface area contributed by atoms with Gasteiger partial charge in [-0.3, -0.25) is 0 Å². The molecule has 0 radical (unpaired) electrons. The summed E-state index contributed by atoms with van der Waals surface area (Å²) < 4.78 is 30.8. The molecule has 2 N–H and O–H groups in total. The van der Waals surface area contributed by atoms with Crippen LogP contribution in [-0.4, -0.2) is 48.2 Å². The molecule has 0 aromatic rings. The van der Waals surface area contributed by atoms with Gasteiger partial charge in [0.1, 0.15) is 0 Å². The van der Waals surface area contributed by atoms with Crippen LogP contribution in [0.2, 0.25) is 0 Å². The van der Waals surface area contributed by atoms with E-state index in [1.165, 1.54) is 0 Å². The lowest BCUT2D eigenvalue weighted by Gasteiger charge is -2.31. The number of aliphatic hydroxyl groups is 1. The van der Waals surface area contributed by atoms with Gasteiger partial charge in [-0.1, -0.05) is 0 Å². The predicted molar refractivity (Wildman–Crippen MR) is 49.5 cm³/mol. The van der Waals surface area contributed by atoms with Crippen molar-refractivity contribution in [3.05, 3.63) is 0 Å². The molecule has 0 saturated carbocycles. The summed E-state index contributed by atoms with van der Waals surface area (Å²) in [5.74, 6) is 0. The highest BCUT2D eigenvalue weighted by molar-refractivity contribution is 7.80. The van der Waals surface area contributed by atoms with Crippen molar-refractivity contribution in [1.82, 2.24) is 0 Å². The monoisotopic (exact) mass is 212 g/mol. The first-order chi connectivity index (χ1) is 5.93. The Labute approximate surface area is 79.5 Å². The Balaban J connectivity index is 4.71. The molecule has 0 aromatic carbocycles.